The van der Waals surface area contributed by atoms with Crippen molar-refractivity contribution < 1.29 is 27.5 Å². The second-order valence-electron chi connectivity index (χ2n) is 9.64. The third-order valence-corrected chi connectivity index (χ3v) is 7.32. The van der Waals surface area contributed by atoms with Gasteiger partial charge in [-0.3, -0.25) is 9.59 Å². The Balaban J connectivity index is 1.23. The summed E-state index contributed by atoms with van der Waals surface area (Å²) in [6, 6.07) is 7.01. The van der Waals surface area contributed by atoms with Crippen molar-refractivity contribution in [2.45, 2.75) is 50.8 Å². The van der Waals surface area contributed by atoms with Gasteiger partial charge in [0.15, 0.2) is 5.65 Å². The molecule has 196 valence electrons. The van der Waals surface area contributed by atoms with E-state index in [1.165, 1.54) is 12.1 Å². The van der Waals surface area contributed by atoms with E-state index >= 15 is 0 Å². The van der Waals surface area contributed by atoms with E-state index in [0.29, 0.717) is 18.7 Å². The molecule has 5 rings (SSSR count). The second-order valence-corrected chi connectivity index (χ2v) is 9.64. The number of likely N-dealkylation sites (tertiary alicyclic amines) is 2. The number of pyridine rings is 1. The van der Waals surface area contributed by atoms with Crippen LogP contribution in [0.1, 0.15) is 66.2 Å². The fourth-order valence-corrected chi connectivity index (χ4v) is 5.31. The number of piperidine rings is 2. The highest BCUT2D eigenvalue weighted by Crippen LogP contribution is 2.34. The van der Waals surface area contributed by atoms with Crippen molar-refractivity contribution in [3.05, 3.63) is 53.5 Å². The van der Waals surface area contributed by atoms with Crippen LogP contribution in [0.25, 0.3) is 11.2 Å². The van der Waals surface area contributed by atoms with Crippen molar-refractivity contribution >= 4 is 23.0 Å². The minimum Gasteiger partial charge on any atom is -0.406 e. The number of rotatable bonds is 4. The van der Waals surface area contributed by atoms with Gasteiger partial charge in [-0.15, -0.1) is 13.2 Å². The molecule has 0 bridgehead atoms. The highest BCUT2D eigenvalue weighted by Gasteiger charge is 2.32. The van der Waals surface area contributed by atoms with Gasteiger partial charge in [0.1, 0.15) is 17.1 Å². The third kappa shape index (κ3) is 5.55. The molecule has 11 heteroatoms. The summed E-state index contributed by atoms with van der Waals surface area (Å²) in [7, 11) is 0. The van der Waals surface area contributed by atoms with Gasteiger partial charge in [-0.1, -0.05) is 0 Å². The largest absolute Gasteiger partial charge is 0.573 e. The van der Waals surface area contributed by atoms with Crippen molar-refractivity contribution in [3.63, 3.8) is 0 Å². The monoisotopic (exact) mass is 515 g/mol. The Kier molecular flexibility index (Phi) is 6.78. The number of nitrogens with zero attached hydrogens (tertiary/aromatic N) is 4. The van der Waals surface area contributed by atoms with Crippen LogP contribution in [0.4, 0.5) is 13.2 Å². The number of carbonyl (C=O) groups is 2. The lowest BCUT2D eigenvalue weighted by atomic mass is 9.89. The second kappa shape index (κ2) is 10.0. The molecule has 2 aliphatic heterocycles. The Morgan fingerprint density at radius 3 is 2.19 bits per heavy atom. The molecular formula is C26H28F3N5O3. The van der Waals surface area contributed by atoms with Crippen molar-refractivity contribution in [2.24, 2.45) is 0 Å². The number of hydrogen-bond donors (Lipinski definition) is 1. The Bertz CT molecular complexity index is 1270. The van der Waals surface area contributed by atoms with Crippen LogP contribution in [0.2, 0.25) is 0 Å². The molecule has 8 nitrogen and oxygen atoms in total. The molecule has 0 spiro atoms. The van der Waals surface area contributed by atoms with Gasteiger partial charge in [0, 0.05) is 50.8 Å². The first kappa shape index (κ1) is 25.0. The summed E-state index contributed by atoms with van der Waals surface area (Å²) in [6.45, 7) is 4.12. The number of amides is 2. The summed E-state index contributed by atoms with van der Waals surface area (Å²) in [6.07, 6.45) is 0.226. The number of hydrogen-bond acceptors (Lipinski definition) is 5. The van der Waals surface area contributed by atoms with Gasteiger partial charge in [-0.05, 0) is 67.5 Å². The molecule has 3 aromatic rings. The maximum absolute atomic E-state index is 12.9. The molecule has 2 amide bonds. The van der Waals surface area contributed by atoms with Crippen LogP contribution in [0.5, 0.6) is 5.75 Å². The van der Waals surface area contributed by atoms with Crippen LogP contribution >= 0.6 is 0 Å². The molecule has 0 saturated carbocycles. The Labute approximate surface area is 211 Å². The maximum Gasteiger partial charge on any atom is 0.573 e. The van der Waals surface area contributed by atoms with E-state index in [-0.39, 0.29) is 29.4 Å². The first-order valence-electron chi connectivity index (χ1n) is 12.4. The molecule has 0 aliphatic carbocycles. The number of fused-ring (bicyclic) bond motifs is 1. The number of ether oxygens (including phenoxy) is 1. The van der Waals surface area contributed by atoms with Gasteiger partial charge >= 0.3 is 6.36 Å². The minimum absolute atomic E-state index is 0.101. The lowest BCUT2D eigenvalue weighted by Gasteiger charge is -2.32. The molecule has 0 radical (unpaired) electrons. The van der Waals surface area contributed by atoms with Crippen LogP contribution in [0.15, 0.2) is 36.5 Å². The van der Waals surface area contributed by atoms with Crippen LogP contribution < -0.4 is 4.74 Å². The first-order valence-corrected chi connectivity index (χ1v) is 12.4. The van der Waals surface area contributed by atoms with Crippen molar-refractivity contribution in [1.29, 1.82) is 0 Å². The zero-order valence-corrected chi connectivity index (χ0v) is 20.4. The number of benzene rings is 1. The van der Waals surface area contributed by atoms with Crippen LogP contribution in [-0.4, -0.2) is 69.1 Å². The average molecular weight is 516 g/mol. The molecule has 1 aromatic carbocycles. The number of H-pyrrole nitrogens is 1. The van der Waals surface area contributed by atoms with E-state index in [0.717, 1.165) is 73.5 Å². The Morgan fingerprint density at radius 2 is 1.57 bits per heavy atom. The molecule has 2 fully saturated rings. The number of aromatic amines is 1. The predicted octanol–water partition coefficient (Wildman–Crippen LogP) is 4.60. The Hall–Kier alpha value is -3.63. The average Bonchev–Trinajstić information content (AvgIpc) is 3.33. The highest BCUT2D eigenvalue weighted by molar-refractivity contribution is 5.94. The van der Waals surface area contributed by atoms with Crippen molar-refractivity contribution in [3.8, 4) is 5.75 Å². The molecule has 4 heterocycles. The van der Waals surface area contributed by atoms with Gasteiger partial charge in [-0.2, -0.15) is 0 Å². The number of nitrogens with one attached hydrogen (secondary N) is 1. The predicted molar refractivity (Wildman–Crippen MR) is 129 cm³/mol. The summed E-state index contributed by atoms with van der Waals surface area (Å²) in [5.41, 5.74) is 3.04. The Morgan fingerprint density at radius 1 is 0.946 bits per heavy atom. The molecule has 0 unspecified atom stereocenters. The molecule has 2 saturated heterocycles. The number of imidazole rings is 1. The zero-order valence-electron chi connectivity index (χ0n) is 20.4. The standard InChI is InChI=1S/C26H28F3N5O3/c1-16(35)33-12-9-18(10-13-33)23-31-22-21(6-11-30-24(22)32-23)17-7-14-34(15-8-17)25(36)19-2-4-20(5-3-19)37-26(27,28)29/h2-6,11,17-18H,7-10,12-15H2,1H3,(H,30,31,32). The summed E-state index contributed by atoms with van der Waals surface area (Å²) in [5, 5.41) is 0. The van der Waals surface area contributed by atoms with E-state index < -0.39 is 6.36 Å². The first-order chi connectivity index (χ1) is 17.7. The highest BCUT2D eigenvalue weighted by atomic mass is 19.4. The summed E-state index contributed by atoms with van der Waals surface area (Å²) in [4.78, 5) is 40.9. The van der Waals surface area contributed by atoms with Gasteiger partial charge in [0.05, 0.1) is 0 Å². The smallest absolute Gasteiger partial charge is 0.406 e. The summed E-state index contributed by atoms with van der Waals surface area (Å²) < 4.78 is 41.0. The lowest BCUT2D eigenvalue weighted by Crippen LogP contribution is -2.38. The van der Waals surface area contributed by atoms with E-state index in [4.69, 9.17) is 4.98 Å². The van der Waals surface area contributed by atoms with Gasteiger partial charge in [-0.25, -0.2) is 9.97 Å². The topological polar surface area (TPSA) is 91.4 Å². The fourth-order valence-electron chi connectivity index (χ4n) is 5.31. The number of aromatic nitrogens is 3. The van der Waals surface area contributed by atoms with Crippen molar-refractivity contribution in [2.75, 3.05) is 26.2 Å². The molecular weight excluding hydrogens is 487 g/mol. The zero-order chi connectivity index (χ0) is 26.2. The van der Waals surface area contributed by atoms with Crippen molar-refractivity contribution in [1.82, 2.24) is 24.8 Å². The maximum atomic E-state index is 12.9. The SMILES string of the molecule is CC(=O)N1CCC(c2nc3c(C4CCN(C(=O)c5ccc(OC(F)(F)F)cc5)CC4)ccnc3[nH]2)CC1. The third-order valence-electron chi connectivity index (χ3n) is 7.32. The number of alkyl halides is 3. The van der Waals surface area contributed by atoms with Crippen LogP contribution in [-0.2, 0) is 4.79 Å². The van der Waals surface area contributed by atoms with Gasteiger partial charge in [0.2, 0.25) is 5.91 Å². The van der Waals surface area contributed by atoms with E-state index in [2.05, 4.69) is 14.7 Å². The molecule has 0 atom stereocenters. The number of carbonyl (C=O) groups excluding carboxylic acids is 2. The van der Waals surface area contributed by atoms with Crippen LogP contribution in [0, 0.1) is 0 Å². The fraction of sp³-hybridized carbons (Fsp3) is 0.462. The quantitative estimate of drug-likeness (QED) is 0.548. The minimum atomic E-state index is -4.77. The lowest BCUT2D eigenvalue weighted by molar-refractivity contribution is -0.274. The van der Waals surface area contributed by atoms with E-state index in [1.807, 2.05) is 11.0 Å². The van der Waals surface area contributed by atoms with Crippen LogP contribution in [0.3, 0.4) is 0 Å². The van der Waals surface area contributed by atoms with Gasteiger partial charge in [0.25, 0.3) is 5.91 Å². The van der Waals surface area contributed by atoms with E-state index in [9.17, 15) is 22.8 Å². The summed E-state index contributed by atoms with van der Waals surface area (Å²) in [5.74, 6) is 0.911. The molecule has 37 heavy (non-hydrogen) atoms. The number of halogens is 3. The molecule has 1 N–H and O–H groups in total. The molecule has 2 aromatic heterocycles. The van der Waals surface area contributed by atoms with Gasteiger partial charge < -0.3 is 19.5 Å². The van der Waals surface area contributed by atoms with E-state index in [1.54, 1.807) is 18.0 Å². The molecule has 2 aliphatic rings. The summed E-state index contributed by atoms with van der Waals surface area (Å²) >= 11 is 0. The normalized spacial score (nSPS) is 17.8.